The molecule has 0 saturated carbocycles. The fraction of sp³-hybridized carbons (Fsp3) is 0.500. The fourth-order valence-electron chi connectivity index (χ4n) is 2.72. The third kappa shape index (κ3) is 4.69. The van der Waals surface area contributed by atoms with E-state index in [0.717, 1.165) is 12.1 Å². The van der Waals surface area contributed by atoms with Gasteiger partial charge in [-0.3, -0.25) is 9.59 Å². The van der Waals surface area contributed by atoms with Crippen LogP contribution in [0.3, 0.4) is 0 Å². The molecule has 2 unspecified atom stereocenters. The lowest BCUT2D eigenvalue weighted by molar-refractivity contribution is -0.143. The normalized spacial score (nSPS) is 19.5. The number of likely N-dealkylation sites (tertiary alicyclic amines) is 1. The van der Waals surface area contributed by atoms with Crippen molar-refractivity contribution in [3.8, 4) is 0 Å². The highest BCUT2D eigenvalue weighted by atomic mass is 19.4. The van der Waals surface area contributed by atoms with Crippen molar-refractivity contribution < 1.29 is 27.2 Å². The Hall–Kier alpha value is -2.12. The first-order valence-electron chi connectivity index (χ1n) is 7.60. The number of benzene rings is 1. The first-order valence-corrected chi connectivity index (χ1v) is 7.60. The number of hydrogen-bond acceptors (Lipinski definition) is 2. The summed E-state index contributed by atoms with van der Waals surface area (Å²) in [5.41, 5.74) is 0.166. The first-order chi connectivity index (χ1) is 11.2. The molecular formula is C16H18F4N2O2. The van der Waals surface area contributed by atoms with Crippen LogP contribution in [0.1, 0.15) is 31.4 Å². The second-order valence-corrected chi connectivity index (χ2v) is 5.77. The molecular weight excluding hydrogens is 328 g/mol. The van der Waals surface area contributed by atoms with Crippen LogP contribution in [-0.4, -0.2) is 36.0 Å². The molecule has 1 fully saturated rings. The van der Waals surface area contributed by atoms with Gasteiger partial charge in [0.05, 0.1) is 18.4 Å². The topological polar surface area (TPSA) is 49.4 Å². The Morgan fingerprint density at radius 1 is 1.33 bits per heavy atom. The number of carbonyl (C=O) groups is 2. The molecule has 4 nitrogen and oxygen atoms in total. The fourth-order valence-corrected chi connectivity index (χ4v) is 2.72. The van der Waals surface area contributed by atoms with Crippen LogP contribution in [0.2, 0.25) is 0 Å². The molecule has 0 radical (unpaired) electrons. The van der Waals surface area contributed by atoms with Crippen LogP contribution in [0.4, 0.5) is 17.6 Å². The van der Waals surface area contributed by atoms with Crippen molar-refractivity contribution >= 4 is 11.8 Å². The standard InChI is InChI=1S/C16H18F4N2O2/c1-2-22-9-11(7-14(22)23)15(24)21-13(8-16(18,19)20)10-3-5-12(17)6-4-10/h3-6,11,13H,2,7-9H2,1H3,(H,21,24). The van der Waals surface area contributed by atoms with Crippen molar-refractivity contribution in [2.75, 3.05) is 13.1 Å². The van der Waals surface area contributed by atoms with Crippen molar-refractivity contribution in [2.24, 2.45) is 5.92 Å². The third-order valence-corrected chi connectivity index (χ3v) is 3.99. The van der Waals surface area contributed by atoms with Gasteiger partial charge in [-0.1, -0.05) is 12.1 Å². The largest absolute Gasteiger partial charge is 0.391 e. The van der Waals surface area contributed by atoms with Crippen molar-refractivity contribution in [2.45, 2.75) is 32.0 Å². The lowest BCUT2D eigenvalue weighted by Crippen LogP contribution is -2.37. The molecule has 1 aromatic rings. The number of nitrogens with zero attached hydrogens (tertiary/aromatic N) is 1. The predicted octanol–water partition coefficient (Wildman–Crippen LogP) is 2.80. The summed E-state index contributed by atoms with van der Waals surface area (Å²) in [6.45, 7) is 2.42. The molecule has 8 heteroatoms. The summed E-state index contributed by atoms with van der Waals surface area (Å²) in [6, 6.07) is 3.20. The van der Waals surface area contributed by atoms with E-state index in [1.54, 1.807) is 6.92 Å². The second-order valence-electron chi connectivity index (χ2n) is 5.77. The number of hydrogen-bond donors (Lipinski definition) is 1. The minimum atomic E-state index is -4.49. The molecule has 1 heterocycles. The molecule has 24 heavy (non-hydrogen) atoms. The third-order valence-electron chi connectivity index (χ3n) is 3.99. The average Bonchev–Trinajstić information content (AvgIpc) is 2.87. The van der Waals surface area contributed by atoms with Gasteiger partial charge in [0.15, 0.2) is 0 Å². The van der Waals surface area contributed by atoms with Crippen molar-refractivity contribution in [3.63, 3.8) is 0 Å². The number of carbonyl (C=O) groups excluding carboxylic acids is 2. The highest BCUT2D eigenvalue weighted by Crippen LogP contribution is 2.30. The summed E-state index contributed by atoms with van der Waals surface area (Å²) in [6.07, 6.45) is -5.77. The van der Waals surface area contributed by atoms with Crippen LogP contribution in [0, 0.1) is 11.7 Å². The maximum Gasteiger partial charge on any atom is 0.391 e. The Labute approximate surface area is 136 Å². The van der Waals surface area contributed by atoms with E-state index in [1.165, 1.54) is 17.0 Å². The number of rotatable bonds is 5. The minimum Gasteiger partial charge on any atom is -0.349 e. The van der Waals surface area contributed by atoms with Gasteiger partial charge in [-0.25, -0.2) is 4.39 Å². The molecule has 0 bridgehead atoms. The van der Waals surface area contributed by atoms with Gasteiger partial charge in [0.25, 0.3) is 0 Å². The lowest BCUT2D eigenvalue weighted by atomic mass is 10.0. The zero-order chi connectivity index (χ0) is 17.9. The average molecular weight is 346 g/mol. The van der Waals surface area contributed by atoms with E-state index >= 15 is 0 Å². The van der Waals surface area contributed by atoms with Gasteiger partial charge >= 0.3 is 6.18 Å². The van der Waals surface area contributed by atoms with E-state index in [1.807, 2.05) is 0 Å². The lowest BCUT2D eigenvalue weighted by Gasteiger charge is -2.22. The van der Waals surface area contributed by atoms with E-state index in [4.69, 9.17) is 0 Å². The Bertz CT molecular complexity index is 601. The van der Waals surface area contributed by atoms with E-state index < -0.39 is 36.3 Å². The van der Waals surface area contributed by atoms with Gasteiger partial charge in [-0.15, -0.1) is 0 Å². The maximum atomic E-state index is 13.0. The molecule has 0 aliphatic carbocycles. The SMILES string of the molecule is CCN1CC(C(=O)NC(CC(F)(F)F)c2ccc(F)cc2)CC1=O. The van der Waals surface area contributed by atoms with Crippen LogP contribution in [0.15, 0.2) is 24.3 Å². The minimum absolute atomic E-state index is 0.0121. The highest BCUT2D eigenvalue weighted by Gasteiger charge is 2.37. The summed E-state index contributed by atoms with van der Waals surface area (Å²) in [7, 11) is 0. The highest BCUT2D eigenvalue weighted by molar-refractivity contribution is 5.89. The van der Waals surface area contributed by atoms with Gasteiger partial charge in [0.1, 0.15) is 5.82 Å². The smallest absolute Gasteiger partial charge is 0.349 e. The number of amides is 2. The summed E-state index contributed by atoms with van der Waals surface area (Å²) in [5, 5.41) is 2.36. The first kappa shape index (κ1) is 18.2. The molecule has 2 amide bonds. The van der Waals surface area contributed by atoms with E-state index in [-0.39, 0.29) is 24.4 Å². The Balaban J connectivity index is 2.12. The number of alkyl halides is 3. The van der Waals surface area contributed by atoms with Crippen molar-refractivity contribution in [1.29, 1.82) is 0 Å². The molecule has 2 rings (SSSR count). The van der Waals surface area contributed by atoms with Crippen LogP contribution in [0.25, 0.3) is 0 Å². The zero-order valence-electron chi connectivity index (χ0n) is 13.1. The summed E-state index contributed by atoms with van der Waals surface area (Å²) in [4.78, 5) is 25.4. The van der Waals surface area contributed by atoms with Gasteiger partial charge in [-0.05, 0) is 24.6 Å². The Morgan fingerprint density at radius 2 is 1.96 bits per heavy atom. The summed E-state index contributed by atoms with van der Waals surface area (Å²) >= 11 is 0. The summed E-state index contributed by atoms with van der Waals surface area (Å²) < 4.78 is 51.3. The molecule has 1 aliphatic heterocycles. The van der Waals surface area contributed by atoms with Crippen LogP contribution in [0.5, 0.6) is 0 Å². The van der Waals surface area contributed by atoms with Gasteiger partial charge in [-0.2, -0.15) is 13.2 Å². The molecule has 1 aliphatic rings. The Morgan fingerprint density at radius 3 is 2.46 bits per heavy atom. The van der Waals surface area contributed by atoms with Crippen molar-refractivity contribution in [3.05, 3.63) is 35.6 Å². The molecule has 2 atom stereocenters. The molecule has 1 aromatic carbocycles. The van der Waals surface area contributed by atoms with Crippen LogP contribution < -0.4 is 5.32 Å². The zero-order valence-corrected chi connectivity index (χ0v) is 13.1. The van der Waals surface area contributed by atoms with E-state index in [2.05, 4.69) is 5.32 Å². The quantitative estimate of drug-likeness (QED) is 0.834. The van der Waals surface area contributed by atoms with Gasteiger partial charge in [0.2, 0.25) is 11.8 Å². The second kappa shape index (κ2) is 7.19. The molecule has 1 N–H and O–H groups in total. The predicted molar refractivity (Wildman–Crippen MR) is 78.3 cm³/mol. The van der Waals surface area contributed by atoms with Gasteiger partial charge in [0, 0.05) is 19.5 Å². The van der Waals surface area contributed by atoms with E-state index in [0.29, 0.717) is 6.54 Å². The van der Waals surface area contributed by atoms with Gasteiger partial charge < -0.3 is 10.2 Å². The number of nitrogens with one attached hydrogen (secondary N) is 1. The van der Waals surface area contributed by atoms with E-state index in [9.17, 15) is 27.2 Å². The van der Waals surface area contributed by atoms with Crippen LogP contribution in [-0.2, 0) is 9.59 Å². The molecule has 1 saturated heterocycles. The Kier molecular flexibility index (Phi) is 5.46. The monoisotopic (exact) mass is 346 g/mol. The van der Waals surface area contributed by atoms with Crippen LogP contribution >= 0.6 is 0 Å². The summed E-state index contributed by atoms with van der Waals surface area (Å²) in [5.74, 6) is -2.03. The molecule has 132 valence electrons. The molecule has 0 spiro atoms. The van der Waals surface area contributed by atoms with Crippen molar-refractivity contribution in [1.82, 2.24) is 10.2 Å². The molecule has 0 aromatic heterocycles. The maximum absolute atomic E-state index is 13.0. The number of halogens is 4.